The standard InChI is InChI=1S/C18H20O.C17H20O.C17H18O.C16H18O.C15H16O.C15H22O.C13H18O.C12H16O/c1-12(2)13(3)19-18-16-10-6-4-8-14(16)15-9-5-7-11-17(15)18;1-11(2)12(3)18-16-10-14-8-4-6-13-7-5-9-15(16)17(13)14;1-3-12(2)18-17-15-10-6-4-8-13(15)14-9-5-7-11-16(14)17;1-3-11(2)17-15-10-13-8-4-6-12-7-5-9-14(15)16(12)13;1-10(2)16-14-9-12-7-3-5-11-6-4-8-13(14)15(11)12;1-11(2)15(3,4)16-14-10-9-12-7-5-6-8-13(12)14;1-3-10(2)14-13-9-8-11-6-4-5-7-12(11)13;1-9(2)13-12-8-7-10-5-3-4-6-11(10)12/h4-13,18H,1-3H3;4-9,11-12,16H,10H2,1-3H3;4-12,17H,3H2,1-2H3;4-9,11,15H,3,10H2,1-2H3;3-8,10,14H,9H2,1-2H3;5-8,11,14H,9-10H2,1-4H3;4-7,10,13H,3,8-9H2,1-2H3;3-6,9,12H,7-8H2,1-2H3. The van der Waals surface area contributed by atoms with Crippen molar-refractivity contribution in [2.45, 2.75) is 313 Å². The van der Waals surface area contributed by atoms with Crippen molar-refractivity contribution in [1.82, 2.24) is 0 Å². The molecule has 11 atom stereocenters. The van der Waals surface area contributed by atoms with Crippen LogP contribution in [-0.2, 0) is 76.4 Å². The van der Waals surface area contributed by atoms with Gasteiger partial charge >= 0.3 is 0 Å². The molecule has 0 radical (unpaired) electrons. The van der Waals surface area contributed by atoms with Gasteiger partial charge in [0.2, 0.25) is 0 Å². The van der Waals surface area contributed by atoms with Gasteiger partial charge in [0.15, 0.2) is 0 Å². The summed E-state index contributed by atoms with van der Waals surface area (Å²) in [5.41, 5.74) is 27.5. The summed E-state index contributed by atoms with van der Waals surface area (Å²) in [6, 6.07) is 99.5. The van der Waals surface area contributed by atoms with E-state index in [0.29, 0.717) is 60.5 Å². The van der Waals surface area contributed by atoms with E-state index in [2.05, 4.69) is 418 Å². The Kier molecular flexibility index (Phi) is 33.7. The summed E-state index contributed by atoms with van der Waals surface area (Å²) < 4.78 is 49.0. The van der Waals surface area contributed by atoms with Crippen LogP contribution in [0.2, 0.25) is 0 Å². The minimum absolute atomic E-state index is 0.0396. The molecule has 0 spiro atoms. The molecule has 0 fully saturated rings. The SMILES string of the molecule is CC(C)C(C)(C)OC1CCc2ccccc21.CC(C)C(C)OC1Cc2cccc3cccc1c23.CC(C)C(C)OC1c2ccccc2-c2ccccc21.CC(C)OC1CCc2ccccc21.CC(C)OC1Cc2cccc3cccc1c23.CCC(C)OC1CCc2ccccc21.CCC(C)OC1Cc2cccc3cccc1c23.CCC(C)OC1c2ccccc2-c2ccccc21. The number of benzene rings is 13. The molecule has 8 aliphatic rings. The fraction of sp³-hybridized carbons (Fsp3) is 0.415. The third kappa shape index (κ3) is 23.6. The van der Waals surface area contributed by atoms with Crippen LogP contribution in [0.15, 0.2) is 279 Å². The lowest BCUT2D eigenvalue weighted by Gasteiger charge is -2.33. The molecule has 0 amide bonds. The molecular weight excluding hydrogens is 1610 g/mol. The maximum Gasteiger partial charge on any atom is 0.109 e. The predicted octanol–water partition coefficient (Wildman–Crippen LogP) is 32.7. The molecule has 8 heteroatoms. The van der Waals surface area contributed by atoms with E-state index in [1.807, 2.05) is 0 Å². The van der Waals surface area contributed by atoms with Crippen LogP contribution in [0.1, 0.15) is 315 Å². The van der Waals surface area contributed by atoms with Crippen molar-refractivity contribution in [3.63, 3.8) is 0 Å². The number of rotatable bonds is 22. The van der Waals surface area contributed by atoms with Crippen LogP contribution in [-0.4, -0.2) is 48.3 Å². The number of fused-ring (bicyclic) bond motifs is 9. The first-order valence-corrected chi connectivity index (χ1v) is 49.7. The van der Waals surface area contributed by atoms with Crippen molar-refractivity contribution in [3.05, 3.63) is 368 Å². The van der Waals surface area contributed by atoms with Gasteiger partial charge in [-0.1, -0.05) is 341 Å². The number of hydrogen-bond donors (Lipinski definition) is 0. The Morgan fingerprint density at radius 1 is 0.252 bits per heavy atom. The first-order chi connectivity index (χ1) is 63.3. The van der Waals surface area contributed by atoms with Gasteiger partial charge in [-0.2, -0.15) is 0 Å². The summed E-state index contributed by atoms with van der Waals surface area (Å²) >= 11 is 0. The van der Waals surface area contributed by atoms with Crippen LogP contribution >= 0.6 is 0 Å². The summed E-state index contributed by atoms with van der Waals surface area (Å²) in [5, 5.41) is 8.27. The van der Waals surface area contributed by atoms with Crippen molar-refractivity contribution in [2.24, 2.45) is 17.8 Å². The predicted molar refractivity (Wildman–Crippen MR) is 547 cm³/mol. The normalized spacial score (nSPS) is 18.7. The van der Waals surface area contributed by atoms with Gasteiger partial charge in [0.25, 0.3) is 0 Å². The Bertz CT molecular complexity index is 5760. The van der Waals surface area contributed by atoms with Gasteiger partial charge < -0.3 is 37.9 Å². The lowest BCUT2D eigenvalue weighted by Crippen LogP contribution is -2.32. The van der Waals surface area contributed by atoms with Crippen molar-refractivity contribution in [2.75, 3.05) is 0 Å². The van der Waals surface area contributed by atoms with E-state index < -0.39 is 0 Å². The lowest BCUT2D eigenvalue weighted by atomic mass is 9.94. The van der Waals surface area contributed by atoms with Gasteiger partial charge in [0, 0.05) is 19.3 Å². The summed E-state index contributed by atoms with van der Waals surface area (Å²) in [7, 11) is 0. The highest BCUT2D eigenvalue weighted by Gasteiger charge is 2.36. The van der Waals surface area contributed by atoms with Gasteiger partial charge in [-0.25, -0.2) is 0 Å². The number of ether oxygens (including phenoxy) is 8. The van der Waals surface area contributed by atoms with Crippen LogP contribution in [0, 0.1) is 17.8 Å². The summed E-state index contributed by atoms with van der Waals surface area (Å²) in [6.45, 7) is 43.4. The molecule has 13 aromatic carbocycles. The highest BCUT2D eigenvalue weighted by atomic mass is 16.5. The van der Waals surface area contributed by atoms with E-state index >= 15 is 0 Å². The van der Waals surface area contributed by atoms with Crippen LogP contribution in [0.25, 0.3) is 54.6 Å². The molecule has 8 aliphatic carbocycles. The molecule has 0 saturated heterocycles. The Labute approximate surface area is 786 Å². The Morgan fingerprint density at radius 3 is 0.863 bits per heavy atom. The van der Waals surface area contributed by atoms with Crippen molar-refractivity contribution < 1.29 is 37.9 Å². The lowest BCUT2D eigenvalue weighted by molar-refractivity contribution is -0.0989. The zero-order valence-corrected chi connectivity index (χ0v) is 82.2. The van der Waals surface area contributed by atoms with E-state index in [-0.39, 0.29) is 54.4 Å². The van der Waals surface area contributed by atoms with E-state index in [1.165, 1.54) is 156 Å². The fourth-order valence-electron chi connectivity index (χ4n) is 19.5. The summed E-state index contributed by atoms with van der Waals surface area (Å²) in [5.74, 6) is 1.63. The van der Waals surface area contributed by atoms with Gasteiger partial charge in [-0.15, -0.1) is 0 Å². The Morgan fingerprint density at radius 2 is 0.511 bits per heavy atom. The highest BCUT2D eigenvalue weighted by molar-refractivity contribution is 5.93. The van der Waals surface area contributed by atoms with Gasteiger partial charge in [0.05, 0.1) is 85.0 Å². The van der Waals surface area contributed by atoms with Gasteiger partial charge in [-0.3, -0.25) is 0 Å². The molecule has 0 saturated carbocycles. The molecular formula is C123H148O8. The summed E-state index contributed by atoms with van der Waals surface area (Å²) in [4.78, 5) is 0. The molecule has 21 rings (SSSR count). The molecule has 0 bridgehead atoms. The zero-order valence-electron chi connectivity index (χ0n) is 82.2. The monoisotopic (exact) mass is 1750 g/mol. The van der Waals surface area contributed by atoms with Crippen molar-refractivity contribution >= 4 is 32.3 Å². The molecule has 0 N–H and O–H groups in total. The van der Waals surface area contributed by atoms with Crippen LogP contribution in [0.3, 0.4) is 0 Å². The van der Waals surface area contributed by atoms with Crippen LogP contribution in [0.4, 0.5) is 0 Å². The van der Waals surface area contributed by atoms with Crippen LogP contribution < -0.4 is 0 Å². The summed E-state index contributed by atoms with van der Waals surface area (Å²) in [6.07, 6.45) is 17.3. The van der Waals surface area contributed by atoms with Gasteiger partial charge in [-0.05, 0) is 295 Å². The minimum atomic E-state index is -0.0396. The Hall–Kier alpha value is -9.68. The average Bonchev–Trinajstić information content (AvgIpc) is 1.60. The topological polar surface area (TPSA) is 73.8 Å². The first kappa shape index (κ1) is 97.3. The smallest absolute Gasteiger partial charge is 0.109 e. The van der Waals surface area contributed by atoms with Crippen LogP contribution in [0.5, 0.6) is 0 Å². The quantitative estimate of drug-likeness (QED) is 0.0665. The first-order valence-electron chi connectivity index (χ1n) is 49.7. The van der Waals surface area contributed by atoms with Gasteiger partial charge in [0.1, 0.15) is 12.2 Å². The molecule has 688 valence electrons. The zero-order chi connectivity index (χ0) is 92.6. The van der Waals surface area contributed by atoms with E-state index in [0.717, 1.165) is 64.2 Å². The number of aryl methyl sites for hydroxylation is 3. The highest BCUT2D eigenvalue weighted by Crippen LogP contribution is 2.50. The fourth-order valence-corrected chi connectivity index (χ4v) is 19.5. The second kappa shape index (κ2) is 45.4. The average molecular weight is 1750 g/mol. The molecule has 0 aliphatic heterocycles. The maximum atomic E-state index is 6.33. The van der Waals surface area contributed by atoms with E-state index in [1.54, 1.807) is 0 Å². The largest absolute Gasteiger partial charge is 0.371 e. The second-order valence-electron chi connectivity index (χ2n) is 39.4. The van der Waals surface area contributed by atoms with Crippen molar-refractivity contribution in [1.29, 1.82) is 0 Å². The second-order valence-corrected chi connectivity index (χ2v) is 39.4. The maximum absolute atomic E-state index is 6.33. The molecule has 131 heavy (non-hydrogen) atoms. The molecule has 8 nitrogen and oxygen atoms in total. The van der Waals surface area contributed by atoms with E-state index in [4.69, 9.17) is 37.9 Å². The Balaban J connectivity index is 0.000000121. The minimum Gasteiger partial charge on any atom is -0.371 e. The molecule has 0 heterocycles. The number of hydrogen-bond acceptors (Lipinski definition) is 8. The third-order valence-corrected chi connectivity index (χ3v) is 28.3. The van der Waals surface area contributed by atoms with E-state index in [9.17, 15) is 0 Å². The molecule has 13 aromatic rings. The van der Waals surface area contributed by atoms with Crippen molar-refractivity contribution in [3.8, 4) is 22.3 Å². The molecule has 11 unspecified atom stereocenters. The molecule has 0 aromatic heterocycles. The third-order valence-electron chi connectivity index (χ3n) is 28.3.